The van der Waals surface area contributed by atoms with Gasteiger partial charge in [0.15, 0.2) is 0 Å². The highest BCUT2D eigenvalue weighted by molar-refractivity contribution is 6.04. The average molecular weight is 370 g/mol. The number of amides is 1. The monoisotopic (exact) mass is 370 g/mol. The molecule has 3 rings (SSSR count). The SMILES string of the molecule is Cc1c(NC(=O)c2ccc(N3CC(C)OC(C)C3)nc2)cccc1[N+](=O)[O-]. The quantitative estimate of drug-likeness (QED) is 0.656. The number of nitro groups is 1. The van der Waals surface area contributed by atoms with Crippen molar-refractivity contribution < 1.29 is 14.5 Å². The number of hydrogen-bond acceptors (Lipinski definition) is 6. The molecule has 0 spiro atoms. The number of aromatic nitrogens is 1. The van der Waals surface area contributed by atoms with E-state index in [-0.39, 0.29) is 23.8 Å². The summed E-state index contributed by atoms with van der Waals surface area (Å²) in [6.07, 6.45) is 1.76. The zero-order valence-electron chi connectivity index (χ0n) is 15.5. The molecule has 1 saturated heterocycles. The van der Waals surface area contributed by atoms with Crippen molar-refractivity contribution >= 4 is 23.1 Å². The van der Waals surface area contributed by atoms with E-state index in [1.807, 2.05) is 13.8 Å². The molecule has 2 aromatic rings. The van der Waals surface area contributed by atoms with Crippen molar-refractivity contribution in [3.63, 3.8) is 0 Å². The first-order chi connectivity index (χ1) is 12.8. The molecule has 0 aliphatic carbocycles. The number of anilines is 2. The third-order valence-corrected chi connectivity index (χ3v) is 4.50. The van der Waals surface area contributed by atoms with E-state index < -0.39 is 4.92 Å². The molecule has 2 heterocycles. The van der Waals surface area contributed by atoms with Gasteiger partial charge >= 0.3 is 0 Å². The number of nitrogens with zero attached hydrogens (tertiary/aromatic N) is 3. The number of carbonyl (C=O) groups excluding carboxylic acids is 1. The van der Waals surface area contributed by atoms with E-state index in [0.29, 0.717) is 16.8 Å². The summed E-state index contributed by atoms with van der Waals surface area (Å²) in [5, 5.41) is 13.8. The van der Waals surface area contributed by atoms with E-state index in [2.05, 4.69) is 15.2 Å². The van der Waals surface area contributed by atoms with Gasteiger partial charge < -0.3 is 15.0 Å². The van der Waals surface area contributed by atoms with Crippen molar-refractivity contribution in [3.05, 3.63) is 57.8 Å². The van der Waals surface area contributed by atoms with Crippen LogP contribution in [0.25, 0.3) is 0 Å². The van der Waals surface area contributed by atoms with Crippen LogP contribution < -0.4 is 10.2 Å². The maximum Gasteiger partial charge on any atom is 0.274 e. The predicted molar refractivity (Wildman–Crippen MR) is 102 cm³/mol. The van der Waals surface area contributed by atoms with E-state index in [4.69, 9.17) is 4.74 Å². The van der Waals surface area contributed by atoms with Gasteiger partial charge in [0.1, 0.15) is 5.82 Å². The number of benzene rings is 1. The Hall–Kier alpha value is -3.00. The normalized spacial score (nSPS) is 19.6. The lowest BCUT2D eigenvalue weighted by Crippen LogP contribution is -2.45. The molecule has 1 amide bonds. The summed E-state index contributed by atoms with van der Waals surface area (Å²) in [6, 6.07) is 8.10. The summed E-state index contributed by atoms with van der Waals surface area (Å²) in [5.74, 6) is 0.432. The molecule has 0 bridgehead atoms. The van der Waals surface area contributed by atoms with E-state index in [1.54, 1.807) is 31.2 Å². The highest BCUT2D eigenvalue weighted by atomic mass is 16.6. The van der Waals surface area contributed by atoms with Gasteiger partial charge in [-0.1, -0.05) is 6.07 Å². The van der Waals surface area contributed by atoms with Gasteiger partial charge in [0, 0.05) is 25.4 Å². The fourth-order valence-electron chi connectivity index (χ4n) is 3.22. The molecule has 1 fully saturated rings. The molecular formula is C19H22N4O4. The molecule has 0 radical (unpaired) electrons. The van der Waals surface area contributed by atoms with Crippen molar-refractivity contribution in [3.8, 4) is 0 Å². The van der Waals surface area contributed by atoms with Gasteiger partial charge in [-0.2, -0.15) is 0 Å². The number of nitrogens with one attached hydrogen (secondary N) is 1. The minimum atomic E-state index is -0.467. The van der Waals surface area contributed by atoms with Crippen LogP contribution in [0.3, 0.4) is 0 Å². The van der Waals surface area contributed by atoms with Gasteiger partial charge in [0.2, 0.25) is 0 Å². The lowest BCUT2D eigenvalue weighted by molar-refractivity contribution is -0.385. The molecule has 1 aromatic heterocycles. The zero-order valence-corrected chi connectivity index (χ0v) is 15.5. The largest absolute Gasteiger partial charge is 0.372 e. The molecule has 1 aliphatic rings. The van der Waals surface area contributed by atoms with Crippen LogP contribution in [0.15, 0.2) is 36.5 Å². The fourth-order valence-corrected chi connectivity index (χ4v) is 3.22. The molecular weight excluding hydrogens is 348 g/mol. The van der Waals surface area contributed by atoms with Gasteiger partial charge in [-0.05, 0) is 39.0 Å². The number of carbonyl (C=O) groups is 1. The maximum atomic E-state index is 12.5. The van der Waals surface area contributed by atoms with Crippen molar-refractivity contribution in [2.24, 2.45) is 0 Å². The van der Waals surface area contributed by atoms with E-state index in [9.17, 15) is 14.9 Å². The van der Waals surface area contributed by atoms with Crippen molar-refractivity contribution in [1.82, 2.24) is 4.98 Å². The van der Waals surface area contributed by atoms with Crippen LogP contribution in [0, 0.1) is 17.0 Å². The molecule has 27 heavy (non-hydrogen) atoms. The van der Waals surface area contributed by atoms with Crippen LogP contribution in [0.1, 0.15) is 29.8 Å². The zero-order chi connectivity index (χ0) is 19.6. The molecule has 8 heteroatoms. The van der Waals surface area contributed by atoms with Crippen LogP contribution in [0.5, 0.6) is 0 Å². The average Bonchev–Trinajstić information content (AvgIpc) is 2.62. The van der Waals surface area contributed by atoms with E-state index in [0.717, 1.165) is 18.9 Å². The third-order valence-electron chi connectivity index (χ3n) is 4.50. The second-order valence-corrected chi connectivity index (χ2v) is 6.73. The van der Waals surface area contributed by atoms with Gasteiger partial charge in [0.25, 0.3) is 11.6 Å². The molecule has 1 aliphatic heterocycles. The molecule has 8 nitrogen and oxygen atoms in total. The Morgan fingerprint density at radius 1 is 1.26 bits per heavy atom. The number of hydrogen-bond donors (Lipinski definition) is 1. The van der Waals surface area contributed by atoms with Crippen LogP contribution in [0.2, 0.25) is 0 Å². The summed E-state index contributed by atoms with van der Waals surface area (Å²) < 4.78 is 5.72. The van der Waals surface area contributed by atoms with E-state index >= 15 is 0 Å². The van der Waals surface area contributed by atoms with Crippen LogP contribution in [-0.4, -0.2) is 41.1 Å². The first-order valence-electron chi connectivity index (χ1n) is 8.77. The van der Waals surface area contributed by atoms with Gasteiger partial charge in [0.05, 0.1) is 33.9 Å². The Balaban J connectivity index is 1.73. The first kappa shape index (κ1) is 18.8. The number of rotatable bonds is 4. The Kier molecular flexibility index (Phi) is 5.36. The smallest absolute Gasteiger partial charge is 0.274 e. The Morgan fingerprint density at radius 3 is 2.56 bits per heavy atom. The van der Waals surface area contributed by atoms with E-state index in [1.165, 1.54) is 12.3 Å². The third kappa shape index (κ3) is 4.22. The minimum Gasteiger partial charge on any atom is -0.372 e. The minimum absolute atomic E-state index is 0.0307. The topological polar surface area (TPSA) is 97.6 Å². The Labute approximate surface area is 157 Å². The molecule has 2 unspecified atom stereocenters. The van der Waals surface area contributed by atoms with Crippen molar-refractivity contribution in [1.29, 1.82) is 0 Å². The van der Waals surface area contributed by atoms with Crippen molar-refractivity contribution in [2.75, 3.05) is 23.3 Å². The van der Waals surface area contributed by atoms with Gasteiger partial charge in [-0.25, -0.2) is 4.98 Å². The van der Waals surface area contributed by atoms with Gasteiger partial charge in [-0.3, -0.25) is 14.9 Å². The van der Waals surface area contributed by atoms with Crippen LogP contribution in [0.4, 0.5) is 17.2 Å². The van der Waals surface area contributed by atoms with Crippen molar-refractivity contribution in [2.45, 2.75) is 33.0 Å². The summed E-state index contributed by atoms with van der Waals surface area (Å²) in [7, 11) is 0. The number of ether oxygens (including phenoxy) is 1. The summed E-state index contributed by atoms with van der Waals surface area (Å²) in [5.41, 5.74) is 1.18. The Morgan fingerprint density at radius 2 is 1.96 bits per heavy atom. The number of morpholine rings is 1. The number of pyridine rings is 1. The first-order valence-corrected chi connectivity index (χ1v) is 8.77. The summed E-state index contributed by atoms with van der Waals surface area (Å²) >= 11 is 0. The number of nitro benzene ring substituents is 1. The lowest BCUT2D eigenvalue weighted by atomic mass is 10.1. The predicted octanol–water partition coefficient (Wildman–Crippen LogP) is 3.16. The lowest BCUT2D eigenvalue weighted by Gasteiger charge is -2.36. The highest BCUT2D eigenvalue weighted by Gasteiger charge is 2.23. The summed E-state index contributed by atoms with van der Waals surface area (Å²) in [6.45, 7) is 7.14. The molecule has 2 atom stereocenters. The second-order valence-electron chi connectivity index (χ2n) is 6.73. The van der Waals surface area contributed by atoms with Gasteiger partial charge in [-0.15, -0.1) is 0 Å². The molecule has 1 aromatic carbocycles. The highest BCUT2D eigenvalue weighted by Crippen LogP contribution is 2.25. The fraction of sp³-hybridized carbons (Fsp3) is 0.368. The summed E-state index contributed by atoms with van der Waals surface area (Å²) in [4.78, 5) is 29.6. The molecule has 0 saturated carbocycles. The molecule has 142 valence electrons. The standard InChI is InChI=1S/C19H22N4O4/c1-12-10-22(11-13(2)27-12)18-8-7-15(9-20-18)19(24)21-16-5-4-6-17(14(16)3)23(25)26/h4-9,12-13H,10-11H2,1-3H3,(H,21,24). The van der Waals surface area contributed by atoms with Crippen LogP contribution >= 0.6 is 0 Å². The van der Waals surface area contributed by atoms with Crippen LogP contribution in [-0.2, 0) is 4.74 Å². The maximum absolute atomic E-state index is 12.5. The molecule has 1 N–H and O–H groups in total. The Bertz CT molecular complexity index is 843. The second kappa shape index (κ2) is 7.71.